The number of nitrogens with one attached hydrogen (secondary N) is 2. The summed E-state index contributed by atoms with van der Waals surface area (Å²) in [4.78, 5) is 11.7. The van der Waals surface area contributed by atoms with Gasteiger partial charge in [0, 0.05) is 19.6 Å². The first-order chi connectivity index (χ1) is 9.83. The Labute approximate surface area is 119 Å². The predicted molar refractivity (Wildman–Crippen MR) is 80.1 cm³/mol. The van der Waals surface area contributed by atoms with Crippen molar-refractivity contribution in [2.75, 3.05) is 13.1 Å². The molecule has 1 aliphatic rings. The summed E-state index contributed by atoms with van der Waals surface area (Å²) in [5.41, 5.74) is 3.54. The summed E-state index contributed by atoms with van der Waals surface area (Å²) in [5.74, 6) is 0.300. The molecule has 3 heteroatoms. The van der Waals surface area contributed by atoms with E-state index in [1.54, 1.807) is 0 Å². The quantitative estimate of drug-likeness (QED) is 0.890. The van der Waals surface area contributed by atoms with Crippen molar-refractivity contribution in [3.8, 4) is 11.1 Å². The fourth-order valence-corrected chi connectivity index (χ4v) is 2.25. The number of amides is 1. The minimum absolute atomic E-state index is 0.149. The lowest BCUT2D eigenvalue weighted by Crippen LogP contribution is -2.50. The Morgan fingerprint density at radius 1 is 1.00 bits per heavy atom. The van der Waals surface area contributed by atoms with Gasteiger partial charge in [0.25, 0.3) is 0 Å². The van der Waals surface area contributed by atoms with Crippen molar-refractivity contribution < 1.29 is 4.79 Å². The third-order valence-electron chi connectivity index (χ3n) is 3.68. The minimum atomic E-state index is 0.149. The molecular weight excluding hydrogens is 248 g/mol. The van der Waals surface area contributed by atoms with Gasteiger partial charge in [-0.05, 0) is 16.7 Å². The highest BCUT2D eigenvalue weighted by molar-refractivity contribution is 5.80. The van der Waals surface area contributed by atoms with E-state index in [0.717, 1.165) is 18.7 Å². The number of hydrogen-bond acceptors (Lipinski definition) is 2. The lowest BCUT2D eigenvalue weighted by Gasteiger charge is -2.25. The minimum Gasteiger partial charge on any atom is -0.352 e. The highest BCUT2D eigenvalue weighted by atomic mass is 16.2. The van der Waals surface area contributed by atoms with Crippen LogP contribution in [0.4, 0.5) is 0 Å². The van der Waals surface area contributed by atoms with E-state index in [0.29, 0.717) is 6.54 Å². The Morgan fingerprint density at radius 3 is 2.25 bits per heavy atom. The molecular formula is C17H18N2O. The maximum atomic E-state index is 11.7. The van der Waals surface area contributed by atoms with Crippen molar-refractivity contribution in [2.45, 2.75) is 6.54 Å². The fraction of sp³-hybridized carbons (Fsp3) is 0.235. The van der Waals surface area contributed by atoms with Gasteiger partial charge in [-0.15, -0.1) is 0 Å². The third-order valence-corrected chi connectivity index (χ3v) is 3.68. The molecule has 0 bridgehead atoms. The van der Waals surface area contributed by atoms with E-state index in [-0.39, 0.29) is 11.8 Å². The van der Waals surface area contributed by atoms with Gasteiger partial charge in [-0.2, -0.15) is 0 Å². The number of carbonyl (C=O) groups is 1. The van der Waals surface area contributed by atoms with E-state index >= 15 is 0 Å². The second-order valence-electron chi connectivity index (χ2n) is 5.14. The summed E-state index contributed by atoms with van der Waals surface area (Å²) >= 11 is 0. The van der Waals surface area contributed by atoms with Crippen LogP contribution in [0.15, 0.2) is 54.6 Å². The Morgan fingerprint density at radius 2 is 1.65 bits per heavy atom. The largest absolute Gasteiger partial charge is 0.352 e. The molecule has 1 fully saturated rings. The molecule has 1 aliphatic heterocycles. The summed E-state index contributed by atoms with van der Waals surface area (Å²) in [7, 11) is 0. The van der Waals surface area contributed by atoms with Crippen LogP contribution >= 0.6 is 0 Å². The van der Waals surface area contributed by atoms with Gasteiger partial charge < -0.3 is 10.6 Å². The highest BCUT2D eigenvalue weighted by Crippen LogP contribution is 2.19. The molecule has 3 rings (SSSR count). The van der Waals surface area contributed by atoms with E-state index < -0.39 is 0 Å². The van der Waals surface area contributed by atoms with Crippen molar-refractivity contribution in [1.29, 1.82) is 0 Å². The molecule has 1 saturated heterocycles. The summed E-state index contributed by atoms with van der Waals surface area (Å²) in [5, 5.41) is 6.09. The fourth-order valence-electron chi connectivity index (χ4n) is 2.25. The Kier molecular flexibility index (Phi) is 3.79. The molecule has 1 heterocycles. The number of hydrogen-bond donors (Lipinski definition) is 2. The molecule has 0 atom stereocenters. The van der Waals surface area contributed by atoms with Gasteiger partial charge >= 0.3 is 0 Å². The molecule has 3 nitrogen and oxygen atoms in total. The van der Waals surface area contributed by atoms with Crippen molar-refractivity contribution in [1.82, 2.24) is 10.6 Å². The normalized spacial score (nSPS) is 14.6. The first-order valence-electron chi connectivity index (χ1n) is 6.96. The van der Waals surface area contributed by atoms with E-state index in [1.165, 1.54) is 11.1 Å². The van der Waals surface area contributed by atoms with Gasteiger partial charge in [0.05, 0.1) is 5.92 Å². The lowest BCUT2D eigenvalue weighted by molar-refractivity contribution is -0.126. The molecule has 20 heavy (non-hydrogen) atoms. The molecule has 0 unspecified atom stereocenters. The Hall–Kier alpha value is -2.13. The summed E-state index contributed by atoms with van der Waals surface area (Å²) in [6.07, 6.45) is 0. The molecule has 0 saturated carbocycles. The maximum absolute atomic E-state index is 11.7. The van der Waals surface area contributed by atoms with Gasteiger partial charge in [0.2, 0.25) is 5.91 Å². The molecule has 0 aromatic heterocycles. The van der Waals surface area contributed by atoms with Crippen LogP contribution < -0.4 is 10.6 Å². The first-order valence-corrected chi connectivity index (χ1v) is 6.96. The van der Waals surface area contributed by atoms with Crippen LogP contribution in [-0.2, 0) is 11.3 Å². The molecule has 0 spiro atoms. The van der Waals surface area contributed by atoms with E-state index in [9.17, 15) is 4.79 Å². The third kappa shape index (κ3) is 2.89. The molecule has 2 N–H and O–H groups in total. The molecule has 102 valence electrons. The number of benzene rings is 2. The smallest absolute Gasteiger partial charge is 0.225 e. The van der Waals surface area contributed by atoms with Gasteiger partial charge in [-0.25, -0.2) is 0 Å². The summed E-state index contributed by atoms with van der Waals surface area (Å²) < 4.78 is 0. The van der Waals surface area contributed by atoms with Crippen LogP contribution in [0.25, 0.3) is 11.1 Å². The zero-order valence-electron chi connectivity index (χ0n) is 11.3. The van der Waals surface area contributed by atoms with Crippen LogP contribution in [0.5, 0.6) is 0 Å². The SMILES string of the molecule is O=C(NCc1ccc(-c2ccccc2)cc1)C1CNC1. The van der Waals surface area contributed by atoms with Crippen molar-refractivity contribution >= 4 is 5.91 Å². The van der Waals surface area contributed by atoms with Crippen LogP contribution in [-0.4, -0.2) is 19.0 Å². The van der Waals surface area contributed by atoms with Crippen LogP contribution in [0.3, 0.4) is 0 Å². The molecule has 0 radical (unpaired) electrons. The van der Waals surface area contributed by atoms with Crippen LogP contribution in [0, 0.1) is 5.92 Å². The van der Waals surface area contributed by atoms with Crippen molar-refractivity contribution in [2.24, 2.45) is 5.92 Å². The topological polar surface area (TPSA) is 41.1 Å². The number of rotatable bonds is 4. The molecule has 2 aromatic carbocycles. The van der Waals surface area contributed by atoms with Gasteiger partial charge in [0.15, 0.2) is 0 Å². The van der Waals surface area contributed by atoms with Gasteiger partial charge in [-0.1, -0.05) is 54.6 Å². The van der Waals surface area contributed by atoms with Crippen molar-refractivity contribution in [3.63, 3.8) is 0 Å². The first kappa shape index (κ1) is 12.9. The second-order valence-corrected chi connectivity index (χ2v) is 5.14. The number of carbonyl (C=O) groups excluding carboxylic acids is 1. The zero-order valence-corrected chi connectivity index (χ0v) is 11.3. The summed E-state index contributed by atoms with van der Waals surface area (Å²) in [6.45, 7) is 2.21. The highest BCUT2D eigenvalue weighted by Gasteiger charge is 2.24. The second kappa shape index (κ2) is 5.88. The summed E-state index contributed by atoms with van der Waals surface area (Å²) in [6, 6.07) is 18.6. The Balaban J connectivity index is 1.60. The van der Waals surface area contributed by atoms with Gasteiger partial charge in [-0.3, -0.25) is 4.79 Å². The standard InChI is InChI=1S/C17H18N2O/c20-17(16-11-18-12-16)19-10-13-6-8-15(9-7-13)14-4-2-1-3-5-14/h1-9,16,18H,10-12H2,(H,19,20). The lowest BCUT2D eigenvalue weighted by atomic mass is 10.0. The van der Waals surface area contributed by atoms with E-state index in [1.807, 2.05) is 18.2 Å². The zero-order chi connectivity index (χ0) is 13.8. The van der Waals surface area contributed by atoms with Gasteiger partial charge in [0.1, 0.15) is 0 Å². The van der Waals surface area contributed by atoms with Crippen molar-refractivity contribution in [3.05, 3.63) is 60.2 Å². The molecule has 0 aliphatic carbocycles. The maximum Gasteiger partial charge on any atom is 0.225 e. The molecule has 1 amide bonds. The van der Waals surface area contributed by atoms with Crippen LogP contribution in [0.1, 0.15) is 5.56 Å². The van der Waals surface area contributed by atoms with E-state index in [2.05, 4.69) is 47.0 Å². The average molecular weight is 266 g/mol. The monoisotopic (exact) mass is 266 g/mol. The van der Waals surface area contributed by atoms with Crippen LogP contribution in [0.2, 0.25) is 0 Å². The average Bonchev–Trinajstić information content (AvgIpc) is 2.45. The predicted octanol–water partition coefficient (Wildman–Crippen LogP) is 2.19. The van der Waals surface area contributed by atoms with E-state index in [4.69, 9.17) is 0 Å². The molecule has 2 aromatic rings. The Bertz CT molecular complexity index is 574.